The molecular weight excluding hydrogens is 290 g/mol. The summed E-state index contributed by atoms with van der Waals surface area (Å²) >= 11 is 1.79. The van der Waals surface area contributed by atoms with Crippen molar-refractivity contribution in [3.8, 4) is 11.3 Å². The number of nitrogens with zero attached hydrogens (tertiary/aromatic N) is 2. The fourth-order valence-corrected chi connectivity index (χ4v) is 4.08. The van der Waals surface area contributed by atoms with Crippen molar-refractivity contribution in [2.45, 2.75) is 20.8 Å². The molecule has 0 saturated heterocycles. The fourth-order valence-electron chi connectivity index (χ4n) is 3.15. The number of hydrogen-bond acceptors (Lipinski definition) is 3. The fraction of sp³-hybridized carbons (Fsp3) is 0.167. The summed E-state index contributed by atoms with van der Waals surface area (Å²) in [5, 5.41) is 2.33. The van der Waals surface area contributed by atoms with Gasteiger partial charge in [-0.15, -0.1) is 11.3 Å². The first-order chi connectivity index (χ1) is 10.6. The normalized spacial score (nSPS) is 11.6. The van der Waals surface area contributed by atoms with Crippen LogP contribution in [0.2, 0.25) is 0 Å². The number of fused-ring (bicyclic) bond motifs is 3. The summed E-state index contributed by atoms with van der Waals surface area (Å²) in [4.78, 5) is 7.43. The number of anilines is 1. The van der Waals surface area contributed by atoms with E-state index in [1.165, 1.54) is 15.1 Å². The number of rotatable bonds is 1. The highest BCUT2D eigenvalue weighted by atomic mass is 32.1. The number of nitrogens with two attached hydrogens (primary N) is 1. The van der Waals surface area contributed by atoms with E-state index in [-0.39, 0.29) is 0 Å². The molecule has 3 nitrogen and oxygen atoms in total. The third kappa shape index (κ3) is 1.77. The second-order valence-corrected chi connectivity index (χ2v) is 7.16. The van der Waals surface area contributed by atoms with Crippen LogP contribution in [0.5, 0.6) is 0 Å². The molecule has 4 aromatic rings. The molecule has 0 amide bonds. The van der Waals surface area contributed by atoms with Crippen molar-refractivity contribution in [3.05, 3.63) is 51.8 Å². The van der Waals surface area contributed by atoms with Crippen molar-refractivity contribution in [3.63, 3.8) is 0 Å². The minimum Gasteiger partial charge on any atom is -0.383 e. The molecule has 0 unspecified atom stereocenters. The molecule has 0 aliphatic rings. The van der Waals surface area contributed by atoms with E-state index in [4.69, 9.17) is 10.7 Å². The molecule has 0 fully saturated rings. The maximum atomic E-state index is 6.45. The summed E-state index contributed by atoms with van der Waals surface area (Å²) in [5.74, 6) is 0.721. The van der Waals surface area contributed by atoms with Gasteiger partial charge in [0.25, 0.3) is 0 Å². The molecule has 2 N–H and O–H groups in total. The monoisotopic (exact) mass is 307 g/mol. The van der Waals surface area contributed by atoms with Crippen molar-refractivity contribution in [2.24, 2.45) is 0 Å². The number of benzene rings is 1. The summed E-state index contributed by atoms with van der Waals surface area (Å²) in [6.07, 6.45) is 0. The van der Waals surface area contributed by atoms with Gasteiger partial charge in [-0.2, -0.15) is 0 Å². The molecule has 0 saturated carbocycles. The van der Waals surface area contributed by atoms with Gasteiger partial charge in [-0.25, -0.2) is 4.98 Å². The third-order valence-corrected chi connectivity index (χ3v) is 5.09. The van der Waals surface area contributed by atoms with Crippen LogP contribution in [0.25, 0.3) is 27.7 Å². The predicted octanol–water partition coefficient (Wildman–Crippen LogP) is 4.72. The molecular formula is C18H17N3S. The van der Waals surface area contributed by atoms with Gasteiger partial charge in [0.15, 0.2) is 0 Å². The Balaban J connectivity index is 2.14. The van der Waals surface area contributed by atoms with Crippen molar-refractivity contribution in [1.82, 2.24) is 9.38 Å². The van der Waals surface area contributed by atoms with Crippen LogP contribution in [0, 0.1) is 20.8 Å². The molecule has 0 spiro atoms. The van der Waals surface area contributed by atoms with Gasteiger partial charge in [0.1, 0.15) is 17.2 Å². The van der Waals surface area contributed by atoms with Gasteiger partial charge in [-0.3, -0.25) is 4.40 Å². The highest BCUT2D eigenvalue weighted by molar-refractivity contribution is 7.12. The van der Waals surface area contributed by atoms with E-state index in [1.54, 1.807) is 11.3 Å². The minimum absolute atomic E-state index is 0.721. The molecule has 0 aliphatic carbocycles. The highest BCUT2D eigenvalue weighted by Crippen LogP contribution is 2.36. The summed E-state index contributed by atoms with van der Waals surface area (Å²) in [6.45, 7) is 6.32. The molecule has 0 bridgehead atoms. The quantitative estimate of drug-likeness (QED) is 0.553. The van der Waals surface area contributed by atoms with E-state index in [9.17, 15) is 0 Å². The molecule has 3 heterocycles. The average Bonchev–Trinajstić information content (AvgIpc) is 2.99. The molecule has 3 aromatic heterocycles. The Morgan fingerprint density at radius 1 is 1.09 bits per heavy atom. The smallest absolute Gasteiger partial charge is 0.147 e. The van der Waals surface area contributed by atoms with Gasteiger partial charge in [-0.1, -0.05) is 24.3 Å². The number of aromatic nitrogens is 2. The first kappa shape index (κ1) is 13.3. The standard InChI is InChI=1S/C18H17N3S/c1-10-8-13-6-4-5-7-14(13)18-20-16(17(19)21(10)18)15-9-11(2)22-12(15)3/h4-9H,19H2,1-3H3. The van der Waals surface area contributed by atoms with Crippen LogP contribution in [0.15, 0.2) is 36.4 Å². The summed E-state index contributed by atoms with van der Waals surface area (Å²) in [7, 11) is 0. The first-order valence-electron chi connectivity index (χ1n) is 7.30. The van der Waals surface area contributed by atoms with Crippen molar-refractivity contribution in [1.29, 1.82) is 0 Å². The van der Waals surface area contributed by atoms with Crippen molar-refractivity contribution in [2.75, 3.05) is 5.73 Å². The van der Waals surface area contributed by atoms with Gasteiger partial charge in [0.2, 0.25) is 0 Å². The van der Waals surface area contributed by atoms with Crippen LogP contribution in [0.4, 0.5) is 5.82 Å². The number of imidazole rings is 1. The molecule has 4 rings (SSSR count). The molecule has 0 aliphatic heterocycles. The molecule has 0 radical (unpaired) electrons. The molecule has 22 heavy (non-hydrogen) atoms. The van der Waals surface area contributed by atoms with Gasteiger partial charge < -0.3 is 5.73 Å². The average molecular weight is 307 g/mol. The van der Waals surface area contributed by atoms with Gasteiger partial charge in [-0.05, 0) is 38.3 Å². The van der Waals surface area contributed by atoms with E-state index in [1.807, 2.05) is 6.07 Å². The number of hydrogen-bond donors (Lipinski definition) is 1. The van der Waals surface area contributed by atoms with Crippen LogP contribution < -0.4 is 5.73 Å². The lowest BCUT2D eigenvalue weighted by atomic mass is 10.1. The maximum Gasteiger partial charge on any atom is 0.147 e. The number of thiophene rings is 1. The zero-order valence-electron chi connectivity index (χ0n) is 12.8. The topological polar surface area (TPSA) is 43.3 Å². The largest absolute Gasteiger partial charge is 0.383 e. The number of aryl methyl sites for hydroxylation is 3. The third-order valence-electron chi connectivity index (χ3n) is 4.13. The summed E-state index contributed by atoms with van der Waals surface area (Å²) in [5.41, 5.74) is 10.5. The molecule has 0 atom stereocenters. The zero-order chi connectivity index (χ0) is 15.4. The highest BCUT2D eigenvalue weighted by Gasteiger charge is 2.17. The SMILES string of the molecule is Cc1cc(-c2nc3c4ccccc4cc(C)n3c2N)c(C)s1. The maximum absolute atomic E-state index is 6.45. The van der Waals surface area contributed by atoms with E-state index < -0.39 is 0 Å². The lowest BCUT2D eigenvalue weighted by molar-refractivity contribution is 1.12. The minimum atomic E-state index is 0.721. The van der Waals surface area contributed by atoms with E-state index in [0.29, 0.717) is 0 Å². The first-order valence-corrected chi connectivity index (χ1v) is 8.11. The van der Waals surface area contributed by atoms with E-state index >= 15 is 0 Å². The Kier molecular flexibility index (Phi) is 2.78. The van der Waals surface area contributed by atoms with E-state index in [0.717, 1.165) is 33.8 Å². The van der Waals surface area contributed by atoms with Crippen molar-refractivity contribution < 1.29 is 0 Å². The van der Waals surface area contributed by atoms with Crippen molar-refractivity contribution >= 4 is 33.6 Å². The van der Waals surface area contributed by atoms with Crippen LogP contribution in [-0.2, 0) is 0 Å². The van der Waals surface area contributed by atoms with Gasteiger partial charge in [0.05, 0.1) is 0 Å². The van der Waals surface area contributed by atoms with E-state index in [2.05, 4.69) is 55.5 Å². The predicted molar refractivity (Wildman–Crippen MR) is 94.6 cm³/mol. The Bertz CT molecular complexity index is 1020. The summed E-state index contributed by atoms with van der Waals surface area (Å²) in [6, 6.07) is 12.7. The number of nitrogen functional groups attached to an aromatic ring is 1. The van der Waals surface area contributed by atoms with Gasteiger partial charge >= 0.3 is 0 Å². The Morgan fingerprint density at radius 2 is 1.86 bits per heavy atom. The lowest BCUT2D eigenvalue weighted by Gasteiger charge is -2.06. The molecule has 4 heteroatoms. The molecule has 110 valence electrons. The van der Waals surface area contributed by atoms with Crippen LogP contribution >= 0.6 is 11.3 Å². The lowest BCUT2D eigenvalue weighted by Crippen LogP contribution is -1.98. The zero-order valence-corrected chi connectivity index (χ0v) is 13.7. The second kappa shape index (κ2) is 4.58. The Labute approximate surface area is 133 Å². The van der Waals surface area contributed by atoms with Crippen LogP contribution in [0.1, 0.15) is 15.4 Å². The Hall–Kier alpha value is -2.33. The summed E-state index contributed by atoms with van der Waals surface area (Å²) < 4.78 is 2.06. The van der Waals surface area contributed by atoms with Gasteiger partial charge in [0, 0.05) is 26.4 Å². The van der Waals surface area contributed by atoms with Crippen LogP contribution in [0.3, 0.4) is 0 Å². The molecule has 1 aromatic carbocycles. The number of pyridine rings is 1. The second-order valence-electron chi connectivity index (χ2n) is 5.70. The van der Waals surface area contributed by atoms with Crippen LogP contribution in [-0.4, -0.2) is 9.38 Å². The Morgan fingerprint density at radius 3 is 2.59 bits per heavy atom.